The summed E-state index contributed by atoms with van der Waals surface area (Å²) in [6.07, 6.45) is 7.32. The Balaban J connectivity index is 1.76. The number of rotatable bonds is 8. The predicted molar refractivity (Wildman–Crippen MR) is 116 cm³/mol. The van der Waals surface area contributed by atoms with Crippen LogP contribution in [0.15, 0.2) is 79.1 Å². The molecule has 148 valence electrons. The molecule has 1 heterocycles. The number of aromatic nitrogens is 2. The molecule has 0 unspecified atom stereocenters. The van der Waals surface area contributed by atoms with Gasteiger partial charge < -0.3 is 0 Å². The maximum atomic E-state index is 13.0. The Morgan fingerprint density at radius 3 is 2.28 bits per heavy atom. The van der Waals surface area contributed by atoms with Crippen LogP contribution < -0.4 is 0 Å². The van der Waals surface area contributed by atoms with Crippen molar-refractivity contribution >= 4 is 17.8 Å². The molecule has 4 heteroatoms. The first kappa shape index (κ1) is 20.5. The standard InChI is InChI=1S/C25H26N2O2/c1-19(2)25-26-15-16-27(25)24(29)18-22(21-11-7-4-8-12-21)17-23(28)14-13-20-9-5-3-6-10-20/h3-16,19,22H,17-18H2,1-2H3/b14-13+/t22-/m1/s1. The summed E-state index contributed by atoms with van der Waals surface area (Å²) >= 11 is 0. The average molecular weight is 386 g/mol. The zero-order valence-corrected chi connectivity index (χ0v) is 16.9. The van der Waals surface area contributed by atoms with Crippen LogP contribution in [0.25, 0.3) is 6.08 Å². The second-order valence-electron chi connectivity index (χ2n) is 7.43. The minimum Gasteiger partial charge on any atom is -0.295 e. The molecule has 0 aliphatic heterocycles. The number of imidazole rings is 1. The molecule has 0 spiro atoms. The van der Waals surface area contributed by atoms with E-state index in [2.05, 4.69) is 4.98 Å². The number of ketones is 1. The SMILES string of the molecule is CC(C)c1nccn1C(=O)C[C@@H](CC(=O)/C=C/c1ccccc1)c1ccccc1. The van der Waals surface area contributed by atoms with Gasteiger partial charge in [-0.3, -0.25) is 14.2 Å². The second-order valence-corrected chi connectivity index (χ2v) is 7.43. The van der Waals surface area contributed by atoms with Gasteiger partial charge in [-0.05, 0) is 23.1 Å². The van der Waals surface area contributed by atoms with Crippen molar-refractivity contribution in [2.45, 2.75) is 38.5 Å². The Labute approximate surface area is 171 Å². The monoisotopic (exact) mass is 386 g/mol. The van der Waals surface area contributed by atoms with Crippen LogP contribution in [-0.2, 0) is 4.79 Å². The van der Waals surface area contributed by atoms with Crippen molar-refractivity contribution in [2.75, 3.05) is 0 Å². The van der Waals surface area contributed by atoms with Crippen LogP contribution in [-0.4, -0.2) is 21.2 Å². The smallest absolute Gasteiger partial charge is 0.232 e. The molecule has 0 aliphatic carbocycles. The maximum Gasteiger partial charge on any atom is 0.232 e. The number of hydrogen-bond donors (Lipinski definition) is 0. The van der Waals surface area contributed by atoms with Gasteiger partial charge in [0.1, 0.15) is 5.82 Å². The fourth-order valence-electron chi connectivity index (χ4n) is 3.36. The van der Waals surface area contributed by atoms with E-state index in [1.165, 1.54) is 0 Å². The Morgan fingerprint density at radius 2 is 1.62 bits per heavy atom. The molecule has 0 bridgehead atoms. The first-order valence-corrected chi connectivity index (χ1v) is 9.92. The summed E-state index contributed by atoms with van der Waals surface area (Å²) in [4.78, 5) is 29.9. The van der Waals surface area contributed by atoms with E-state index in [0.29, 0.717) is 0 Å². The van der Waals surface area contributed by atoms with Gasteiger partial charge in [0.05, 0.1) is 0 Å². The highest BCUT2D eigenvalue weighted by Gasteiger charge is 2.21. The molecule has 3 aromatic rings. The number of hydrogen-bond acceptors (Lipinski definition) is 3. The Kier molecular flexibility index (Phi) is 6.90. The van der Waals surface area contributed by atoms with Crippen molar-refractivity contribution in [1.29, 1.82) is 0 Å². The van der Waals surface area contributed by atoms with Gasteiger partial charge in [0.2, 0.25) is 5.91 Å². The quantitative estimate of drug-likeness (QED) is 0.481. The minimum absolute atomic E-state index is 0.00483. The van der Waals surface area contributed by atoms with Gasteiger partial charge >= 0.3 is 0 Å². The highest BCUT2D eigenvalue weighted by Crippen LogP contribution is 2.26. The van der Waals surface area contributed by atoms with E-state index in [0.717, 1.165) is 17.0 Å². The zero-order chi connectivity index (χ0) is 20.6. The number of carbonyl (C=O) groups excluding carboxylic acids is 2. The third-order valence-electron chi connectivity index (χ3n) is 4.86. The summed E-state index contributed by atoms with van der Waals surface area (Å²) in [5.74, 6) is 0.681. The predicted octanol–water partition coefficient (Wildman–Crippen LogP) is 5.49. The second kappa shape index (κ2) is 9.78. The molecule has 0 radical (unpaired) electrons. The Hall–Kier alpha value is -3.27. The van der Waals surface area contributed by atoms with Gasteiger partial charge in [0, 0.05) is 31.2 Å². The van der Waals surface area contributed by atoms with Crippen molar-refractivity contribution in [1.82, 2.24) is 9.55 Å². The molecule has 0 saturated carbocycles. The summed E-state index contributed by atoms with van der Waals surface area (Å²) in [5, 5.41) is 0. The zero-order valence-electron chi connectivity index (χ0n) is 16.9. The number of allylic oxidation sites excluding steroid dienone is 1. The van der Waals surface area contributed by atoms with Crippen molar-refractivity contribution in [2.24, 2.45) is 0 Å². The van der Waals surface area contributed by atoms with Gasteiger partial charge in [0.15, 0.2) is 5.78 Å². The topological polar surface area (TPSA) is 52.0 Å². The van der Waals surface area contributed by atoms with E-state index < -0.39 is 0 Å². The highest BCUT2D eigenvalue weighted by molar-refractivity contribution is 5.94. The van der Waals surface area contributed by atoms with E-state index in [-0.39, 0.29) is 36.4 Å². The summed E-state index contributed by atoms with van der Waals surface area (Å²) in [6, 6.07) is 19.5. The average Bonchev–Trinajstić information content (AvgIpc) is 3.24. The molecule has 3 rings (SSSR count). The van der Waals surface area contributed by atoms with E-state index in [1.807, 2.05) is 80.6 Å². The van der Waals surface area contributed by atoms with Crippen LogP contribution >= 0.6 is 0 Å². The summed E-state index contributed by atoms with van der Waals surface area (Å²) in [6.45, 7) is 4.03. The largest absolute Gasteiger partial charge is 0.295 e. The summed E-state index contributed by atoms with van der Waals surface area (Å²) in [7, 11) is 0. The van der Waals surface area contributed by atoms with E-state index in [4.69, 9.17) is 0 Å². The summed E-state index contributed by atoms with van der Waals surface area (Å²) < 4.78 is 1.62. The number of carbonyl (C=O) groups is 2. The molecule has 1 aromatic heterocycles. The Bertz CT molecular complexity index is 972. The molecular weight excluding hydrogens is 360 g/mol. The molecule has 0 N–H and O–H groups in total. The number of benzene rings is 2. The molecule has 1 atom stereocenters. The molecule has 2 aromatic carbocycles. The molecule has 0 fully saturated rings. The molecule has 0 saturated heterocycles. The first-order chi connectivity index (χ1) is 14.0. The molecule has 0 amide bonds. The van der Waals surface area contributed by atoms with Crippen LogP contribution in [0.4, 0.5) is 0 Å². The highest BCUT2D eigenvalue weighted by atomic mass is 16.2. The van der Waals surface area contributed by atoms with E-state index >= 15 is 0 Å². The van der Waals surface area contributed by atoms with Crippen LogP contribution in [0.5, 0.6) is 0 Å². The van der Waals surface area contributed by atoms with Crippen LogP contribution in [0, 0.1) is 0 Å². The minimum atomic E-state index is -0.181. The lowest BCUT2D eigenvalue weighted by Crippen LogP contribution is -2.18. The molecule has 29 heavy (non-hydrogen) atoms. The van der Waals surface area contributed by atoms with Gasteiger partial charge in [0.25, 0.3) is 0 Å². The van der Waals surface area contributed by atoms with Gasteiger partial charge in [-0.25, -0.2) is 4.98 Å². The van der Waals surface area contributed by atoms with Crippen LogP contribution in [0.1, 0.15) is 60.3 Å². The van der Waals surface area contributed by atoms with Crippen LogP contribution in [0.2, 0.25) is 0 Å². The van der Waals surface area contributed by atoms with Gasteiger partial charge in [-0.1, -0.05) is 80.6 Å². The number of nitrogens with zero attached hydrogens (tertiary/aromatic N) is 2. The van der Waals surface area contributed by atoms with E-state index in [9.17, 15) is 9.59 Å². The van der Waals surface area contributed by atoms with Crippen LogP contribution in [0.3, 0.4) is 0 Å². The lowest BCUT2D eigenvalue weighted by Gasteiger charge is -2.17. The van der Waals surface area contributed by atoms with Gasteiger partial charge in [-0.2, -0.15) is 0 Å². The lowest BCUT2D eigenvalue weighted by molar-refractivity contribution is -0.114. The van der Waals surface area contributed by atoms with Crippen molar-refractivity contribution < 1.29 is 9.59 Å². The summed E-state index contributed by atoms with van der Waals surface area (Å²) in [5.41, 5.74) is 1.97. The van der Waals surface area contributed by atoms with Gasteiger partial charge in [-0.15, -0.1) is 0 Å². The molecular formula is C25H26N2O2. The fraction of sp³-hybridized carbons (Fsp3) is 0.240. The molecule has 4 nitrogen and oxygen atoms in total. The van der Waals surface area contributed by atoms with Crippen molar-refractivity contribution in [3.8, 4) is 0 Å². The third kappa shape index (κ3) is 5.61. The van der Waals surface area contributed by atoms with Crippen molar-refractivity contribution in [3.63, 3.8) is 0 Å². The molecule has 0 aliphatic rings. The fourth-order valence-corrected chi connectivity index (χ4v) is 3.36. The lowest BCUT2D eigenvalue weighted by atomic mass is 9.90. The third-order valence-corrected chi connectivity index (χ3v) is 4.86. The van der Waals surface area contributed by atoms with E-state index in [1.54, 1.807) is 23.0 Å². The first-order valence-electron chi connectivity index (χ1n) is 9.92. The maximum absolute atomic E-state index is 13.0. The normalized spacial score (nSPS) is 12.4. The van der Waals surface area contributed by atoms with Crippen molar-refractivity contribution in [3.05, 3.63) is 96.1 Å². The Morgan fingerprint density at radius 1 is 0.966 bits per heavy atom.